The van der Waals surface area contributed by atoms with E-state index in [1.165, 1.54) is 5.00 Å². The Hall–Kier alpha value is -2.21. The number of nitrogens with zero attached hydrogens (tertiary/aromatic N) is 3. The maximum atomic E-state index is 9.57. The molecule has 0 spiro atoms. The second kappa shape index (κ2) is 8.06. The smallest absolute Gasteiger partial charge is 0.194 e. The first-order valence-electron chi connectivity index (χ1n) is 8.36. The van der Waals surface area contributed by atoms with Gasteiger partial charge in [-0.1, -0.05) is 12.1 Å². The molecule has 1 aromatic carbocycles. The van der Waals surface area contributed by atoms with Crippen molar-refractivity contribution in [1.82, 2.24) is 10.2 Å². The van der Waals surface area contributed by atoms with Crippen LogP contribution in [0.5, 0.6) is 5.75 Å². The molecule has 2 N–H and O–H groups in total. The van der Waals surface area contributed by atoms with Gasteiger partial charge in [-0.25, -0.2) is 4.99 Å². The summed E-state index contributed by atoms with van der Waals surface area (Å²) in [6, 6.07) is 11.6. The summed E-state index contributed by atoms with van der Waals surface area (Å²) in [5.41, 5.74) is 1.02. The predicted octanol–water partition coefficient (Wildman–Crippen LogP) is 2.74. The third-order valence-electron chi connectivity index (χ3n) is 4.05. The molecule has 6 heteroatoms. The zero-order valence-electron chi connectivity index (χ0n) is 14.0. The monoisotopic (exact) mass is 344 g/mol. The van der Waals surface area contributed by atoms with Crippen LogP contribution in [0.25, 0.3) is 0 Å². The van der Waals surface area contributed by atoms with E-state index in [1.807, 2.05) is 12.1 Å². The highest BCUT2D eigenvalue weighted by Crippen LogP contribution is 2.22. The number of hydrogen-bond donors (Lipinski definition) is 2. The van der Waals surface area contributed by atoms with Crippen LogP contribution in [0.15, 0.2) is 46.8 Å². The van der Waals surface area contributed by atoms with Crippen molar-refractivity contribution >= 4 is 22.3 Å². The summed E-state index contributed by atoms with van der Waals surface area (Å²) in [5.74, 6) is 1.24. The summed E-state index contributed by atoms with van der Waals surface area (Å²) in [7, 11) is 0. The highest BCUT2D eigenvalue weighted by molar-refractivity contribution is 7.14. The van der Waals surface area contributed by atoms with Gasteiger partial charge >= 0.3 is 0 Å². The summed E-state index contributed by atoms with van der Waals surface area (Å²) in [4.78, 5) is 9.49. The Kier molecular flexibility index (Phi) is 5.59. The van der Waals surface area contributed by atoms with E-state index < -0.39 is 0 Å². The summed E-state index contributed by atoms with van der Waals surface area (Å²) in [6.45, 7) is 7.46. The third kappa shape index (κ3) is 4.20. The van der Waals surface area contributed by atoms with Gasteiger partial charge in [0.15, 0.2) is 5.96 Å². The van der Waals surface area contributed by atoms with Crippen molar-refractivity contribution in [3.63, 3.8) is 0 Å². The zero-order chi connectivity index (χ0) is 16.8. The largest absolute Gasteiger partial charge is 0.508 e. The summed E-state index contributed by atoms with van der Waals surface area (Å²) >= 11 is 1.80. The van der Waals surface area contributed by atoms with Crippen molar-refractivity contribution in [1.29, 1.82) is 0 Å². The molecule has 24 heavy (non-hydrogen) atoms. The first kappa shape index (κ1) is 16.6. The minimum Gasteiger partial charge on any atom is -0.508 e. The van der Waals surface area contributed by atoms with E-state index in [9.17, 15) is 5.11 Å². The van der Waals surface area contributed by atoms with E-state index in [-0.39, 0.29) is 5.75 Å². The van der Waals surface area contributed by atoms with Crippen LogP contribution in [0.3, 0.4) is 0 Å². The molecule has 1 aliphatic heterocycles. The summed E-state index contributed by atoms with van der Waals surface area (Å²) < 4.78 is 0. The van der Waals surface area contributed by atoms with E-state index in [1.54, 1.807) is 23.5 Å². The Bertz CT molecular complexity index is 663. The lowest BCUT2D eigenvalue weighted by atomic mass is 10.2. The van der Waals surface area contributed by atoms with E-state index in [2.05, 4.69) is 39.6 Å². The Balaban J connectivity index is 1.62. The van der Waals surface area contributed by atoms with Crippen molar-refractivity contribution in [3.8, 4) is 5.75 Å². The number of rotatable bonds is 4. The van der Waals surface area contributed by atoms with Crippen LogP contribution in [-0.4, -0.2) is 48.7 Å². The fraction of sp³-hybridized carbons (Fsp3) is 0.389. The van der Waals surface area contributed by atoms with Gasteiger partial charge in [0.1, 0.15) is 5.75 Å². The maximum absolute atomic E-state index is 9.57. The lowest BCUT2D eigenvalue weighted by Crippen LogP contribution is -2.52. The first-order chi connectivity index (χ1) is 11.8. The average Bonchev–Trinajstić information content (AvgIpc) is 3.13. The number of guanidine groups is 1. The number of thiophene rings is 1. The molecule has 0 bridgehead atoms. The van der Waals surface area contributed by atoms with Crippen LogP contribution < -0.4 is 10.2 Å². The topological polar surface area (TPSA) is 51.1 Å². The molecule has 0 aliphatic carbocycles. The number of hydrogen-bond acceptors (Lipinski definition) is 4. The molecule has 5 nitrogen and oxygen atoms in total. The average molecular weight is 344 g/mol. The van der Waals surface area contributed by atoms with Crippen molar-refractivity contribution < 1.29 is 5.11 Å². The van der Waals surface area contributed by atoms with Crippen LogP contribution >= 0.6 is 11.3 Å². The van der Waals surface area contributed by atoms with Crippen molar-refractivity contribution in [2.75, 3.05) is 37.6 Å². The molecular weight excluding hydrogens is 320 g/mol. The van der Waals surface area contributed by atoms with Gasteiger partial charge in [0.2, 0.25) is 0 Å². The zero-order valence-corrected chi connectivity index (χ0v) is 14.8. The number of aromatic hydroxyl groups is 1. The fourth-order valence-electron chi connectivity index (χ4n) is 2.84. The SMILES string of the molecule is CCNC(=NCc1cccc(O)c1)N1CCN(c2cccs2)CC1. The number of anilines is 1. The molecule has 1 fully saturated rings. The number of nitrogens with one attached hydrogen (secondary N) is 1. The number of piperazine rings is 1. The number of benzene rings is 1. The van der Waals surface area contributed by atoms with Crippen molar-refractivity contribution in [3.05, 3.63) is 47.3 Å². The lowest BCUT2D eigenvalue weighted by molar-refractivity contribution is 0.373. The third-order valence-corrected chi connectivity index (χ3v) is 4.98. The Morgan fingerprint density at radius 3 is 2.71 bits per heavy atom. The van der Waals surface area contributed by atoms with Crippen LogP contribution in [0.4, 0.5) is 5.00 Å². The second-order valence-electron chi connectivity index (χ2n) is 5.77. The molecule has 0 atom stereocenters. The predicted molar refractivity (Wildman–Crippen MR) is 101 cm³/mol. The summed E-state index contributed by atoms with van der Waals surface area (Å²) in [5, 5.41) is 16.4. The quantitative estimate of drug-likeness (QED) is 0.661. The van der Waals surface area contributed by atoms with Crippen molar-refractivity contribution in [2.24, 2.45) is 4.99 Å². The minimum atomic E-state index is 0.289. The fourth-order valence-corrected chi connectivity index (χ4v) is 3.62. The molecule has 3 rings (SSSR count). The van der Waals surface area contributed by atoms with E-state index in [0.717, 1.165) is 44.2 Å². The van der Waals surface area contributed by atoms with Gasteiger partial charge in [0.05, 0.1) is 11.5 Å². The highest BCUT2D eigenvalue weighted by atomic mass is 32.1. The molecule has 0 radical (unpaired) electrons. The molecule has 1 saturated heterocycles. The standard InChI is InChI=1S/C18H24N4OS/c1-2-19-18(20-14-15-5-3-6-16(23)13-15)22-10-8-21(9-11-22)17-7-4-12-24-17/h3-7,12-13,23H,2,8-11,14H2,1H3,(H,19,20). The van der Waals surface area contributed by atoms with Gasteiger partial charge in [0, 0.05) is 32.7 Å². The van der Waals surface area contributed by atoms with Gasteiger partial charge in [-0.15, -0.1) is 11.3 Å². The summed E-state index contributed by atoms with van der Waals surface area (Å²) in [6.07, 6.45) is 0. The minimum absolute atomic E-state index is 0.289. The molecule has 2 heterocycles. The van der Waals surface area contributed by atoms with Crippen LogP contribution in [-0.2, 0) is 6.54 Å². The molecular formula is C18H24N4OS. The first-order valence-corrected chi connectivity index (χ1v) is 9.24. The second-order valence-corrected chi connectivity index (χ2v) is 6.69. The molecule has 1 aliphatic rings. The Labute approximate surface area is 147 Å². The lowest BCUT2D eigenvalue weighted by Gasteiger charge is -2.37. The van der Waals surface area contributed by atoms with Crippen LogP contribution in [0, 0.1) is 0 Å². The van der Waals surface area contributed by atoms with Gasteiger partial charge in [0.25, 0.3) is 0 Å². The number of phenols is 1. The Morgan fingerprint density at radius 1 is 1.21 bits per heavy atom. The van der Waals surface area contributed by atoms with Crippen LogP contribution in [0.1, 0.15) is 12.5 Å². The normalized spacial score (nSPS) is 15.6. The maximum Gasteiger partial charge on any atom is 0.194 e. The molecule has 0 amide bonds. The van der Waals surface area contributed by atoms with Crippen LogP contribution in [0.2, 0.25) is 0 Å². The molecule has 128 valence electrons. The van der Waals surface area contributed by atoms with Gasteiger partial charge in [-0.2, -0.15) is 0 Å². The van der Waals surface area contributed by atoms with Crippen molar-refractivity contribution in [2.45, 2.75) is 13.5 Å². The van der Waals surface area contributed by atoms with E-state index in [0.29, 0.717) is 6.54 Å². The molecule has 0 saturated carbocycles. The molecule has 2 aromatic rings. The Morgan fingerprint density at radius 2 is 2.04 bits per heavy atom. The van der Waals surface area contributed by atoms with Gasteiger partial charge in [-0.3, -0.25) is 0 Å². The number of phenolic OH excluding ortho intramolecular Hbond substituents is 1. The van der Waals surface area contributed by atoms with Gasteiger partial charge in [-0.05, 0) is 42.1 Å². The number of aliphatic imine (C=N–C) groups is 1. The highest BCUT2D eigenvalue weighted by Gasteiger charge is 2.20. The van der Waals surface area contributed by atoms with E-state index >= 15 is 0 Å². The van der Waals surface area contributed by atoms with E-state index in [4.69, 9.17) is 4.99 Å². The molecule has 1 aromatic heterocycles. The van der Waals surface area contributed by atoms with Gasteiger partial charge < -0.3 is 20.2 Å². The molecule has 0 unspecified atom stereocenters.